The Kier molecular flexibility index (Phi) is 6.86. The Morgan fingerprint density at radius 2 is 1.87 bits per heavy atom. The first-order valence-electron chi connectivity index (χ1n) is 7.27. The van der Waals surface area contributed by atoms with Gasteiger partial charge in [0.15, 0.2) is 0 Å². The molecule has 0 saturated carbocycles. The lowest BCUT2D eigenvalue weighted by atomic mass is 10.1. The highest BCUT2D eigenvalue weighted by atomic mass is 35.5. The van der Waals surface area contributed by atoms with Crippen molar-refractivity contribution in [2.24, 2.45) is 0 Å². The average molecular weight is 360 g/mol. The van der Waals surface area contributed by atoms with Crippen molar-refractivity contribution in [3.63, 3.8) is 0 Å². The van der Waals surface area contributed by atoms with Crippen LogP contribution in [0.4, 0.5) is 5.69 Å². The van der Waals surface area contributed by atoms with E-state index in [9.17, 15) is 9.59 Å². The number of rotatable bonds is 5. The number of nitrogens with zero attached hydrogens (tertiary/aromatic N) is 1. The zero-order valence-electron chi connectivity index (χ0n) is 14.0. The van der Waals surface area contributed by atoms with Crippen LogP contribution in [0.5, 0.6) is 0 Å². The molecular weight excluding hydrogens is 337 g/mol. The van der Waals surface area contributed by atoms with Gasteiger partial charge < -0.3 is 10.6 Å². The first-order valence-corrected chi connectivity index (χ1v) is 8.02. The van der Waals surface area contributed by atoms with Gasteiger partial charge in [0.05, 0.1) is 23.3 Å². The molecule has 7 heteroatoms. The summed E-state index contributed by atoms with van der Waals surface area (Å²) in [4.78, 5) is 25.9. The number of likely N-dealkylation sites (N-methyl/N-ethyl adjacent to an activating group) is 1. The van der Waals surface area contributed by atoms with E-state index in [1.165, 1.54) is 0 Å². The molecule has 0 aromatic heterocycles. The minimum atomic E-state index is -0.493. The van der Waals surface area contributed by atoms with Crippen LogP contribution in [0.2, 0.25) is 10.0 Å². The smallest absolute Gasteiger partial charge is 0.241 e. The van der Waals surface area contributed by atoms with Gasteiger partial charge in [0.2, 0.25) is 11.8 Å². The van der Waals surface area contributed by atoms with E-state index >= 15 is 0 Å². The lowest BCUT2D eigenvalue weighted by molar-refractivity contribution is -0.125. The van der Waals surface area contributed by atoms with Gasteiger partial charge in [-0.25, -0.2) is 0 Å². The van der Waals surface area contributed by atoms with Crippen LogP contribution < -0.4 is 10.6 Å². The number of carbonyl (C=O) groups excluding carboxylic acids is 2. The van der Waals surface area contributed by atoms with Crippen molar-refractivity contribution in [2.45, 2.75) is 39.3 Å². The van der Waals surface area contributed by atoms with E-state index in [1.807, 2.05) is 20.8 Å². The van der Waals surface area contributed by atoms with Crippen LogP contribution in [0.1, 0.15) is 27.7 Å². The number of halogens is 2. The maximum absolute atomic E-state index is 12.3. The Bertz CT molecular complexity index is 585. The van der Waals surface area contributed by atoms with E-state index in [2.05, 4.69) is 10.6 Å². The first kappa shape index (κ1) is 19.7. The summed E-state index contributed by atoms with van der Waals surface area (Å²) in [5, 5.41) is 6.46. The van der Waals surface area contributed by atoms with Crippen molar-refractivity contribution in [2.75, 3.05) is 18.9 Å². The highest BCUT2D eigenvalue weighted by molar-refractivity contribution is 6.36. The fourth-order valence-electron chi connectivity index (χ4n) is 1.85. The van der Waals surface area contributed by atoms with Crippen LogP contribution in [0.25, 0.3) is 0 Å². The fraction of sp³-hybridized carbons (Fsp3) is 0.500. The number of amides is 2. The standard InChI is InChI=1S/C16H23Cl2N3O2/c1-10(21(5)9-14(22)20-16(2,3)4)15(23)19-13-7-6-11(17)8-12(13)18/h6-8,10H,9H2,1-5H3,(H,19,23)(H,20,22)/t10-/m0/s1. The third-order valence-corrected chi connectivity index (χ3v) is 3.68. The van der Waals surface area contributed by atoms with Crippen LogP contribution >= 0.6 is 23.2 Å². The number of nitrogens with one attached hydrogen (secondary N) is 2. The number of benzene rings is 1. The lowest BCUT2D eigenvalue weighted by Crippen LogP contribution is -2.49. The van der Waals surface area contributed by atoms with Gasteiger partial charge >= 0.3 is 0 Å². The maximum Gasteiger partial charge on any atom is 0.241 e. The molecule has 2 amide bonds. The second-order valence-corrected chi connectivity index (χ2v) is 7.35. The normalized spacial score (nSPS) is 12.9. The van der Waals surface area contributed by atoms with Gasteiger partial charge in [-0.2, -0.15) is 0 Å². The van der Waals surface area contributed by atoms with Gasteiger partial charge in [-0.05, 0) is 52.9 Å². The van der Waals surface area contributed by atoms with E-state index in [4.69, 9.17) is 23.2 Å². The summed E-state index contributed by atoms with van der Waals surface area (Å²) in [5.74, 6) is -0.385. The Morgan fingerprint density at radius 1 is 1.26 bits per heavy atom. The van der Waals surface area contributed by atoms with Gasteiger partial charge in [-0.15, -0.1) is 0 Å². The molecule has 0 bridgehead atoms. The summed E-state index contributed by atoms with van der Waals surface area (Å²) in [6.07, 6.45) is 0. The van der Waals surface area contributed by atoms with Crippen LogP contribution in [0, 0.1) is 0 Å². The summed E-state index contributed by atoms with van der Waals surface area (Å²) in [6.45, 7) is 7.57. The second-order valence-electron chi connectivity index (χ2n) is 6.50. The molecule has 5 nitrogen and oxygen atoms in total. The maximum atomic E-state index is 12.3. The molecule has 0 spiro atoms. The molecule has 128 valence electrons. The minimum absolute atomic E-state index is 0.125. The molecule has 1 aromatic rings. The Labute approximate surface area is 147 Å². The van der Waals surface area contributed by atoms with Gasteiger partial charge in [0, 0.05) is 10.6 Å². The molecule has 0 unspecified atom stereocenters. The summed E-state index contributed by atoms with van der Waals surface area (Å²) in [6, 6.07) is 4.35. The summed E-state index contributed by atoms with van der Waals surface area (Å²) < 4.78 is 0. The van der Waals surface area contributed by atoms with Gasteiger partial charge in [0.25, 0.3) is 0 Å². The molecule has 0 radical (unpaired) electrons. The predicted molar refractivity (Wildman–Crippen MR) is 95.1 cm³/mol. The van der Waals surface area contributed by atoms with Gasteiger partial charge in [-0.1, -0.05) is 23.2 Å². The number of hydrogen-bond acceptors (Lipinski definition) is 3. The molecule has 1 rings (SSSR count). The second kappa shape index (κ2) is 7.99. The summed E-state index contributed by atoms with van der Waals surface area (Å²) in [7, 11) is 1.72. The molecule has 0 aliphatic heterocycles. The van der Waals surface area contributed by atoms with Gasteiger partial charge in [-0.3, -0.25) is 14.5 Å². The van der Waals surface area contributed by atoms with Crippen LogP contribution in [-0.2, 0) is 9.59 Å². The molecule has 0 aliphatic rings. The van der Waals surface area contributed by atoms with Crippen LogP contribution in [-0.4, -0.2) is 41.9 Å². The Balaban J connectivity index is 2.63. The predicted octanol–water partition coefficient (Wildman–Crippen LogP) is 3.17. The highest BCUT2D eigenvalue weighted by Crippen LogP contribution is 2.25. The number of carbonyl (C=O) groups is 2. The summed E-state index contributed by atoms with van der Waals surface area (Å²) >= 11 is 11.9. The summed E-state index contributed by atoms with van der Waals surface area (Å²) in [5.41, 5.74) is 0.181. The average Bonchev–Trinajstić information content (AvgIpc) is 2.38. The van der Waals surface area contributed by atoms with Crippen molar-refractivity contribution < 1.29 is 9.59 Å². The van der Waals surface area contributed by atoms with Crippen molar-refractivity contribution in [3.05, 3.63) is 28.2 Å². The van der Waals surface area contributed by atoms with E-state index in [-0.39, 0.29) is 23.9 Å². The zero-order valence-corrected chi connectivity index (χ0v) is 15.5. The van der Waals surface area contributed by atoms with Crippen molar-refractivity contribution in [1.29, 1.82) is 0 Å². The van der Waals surface area contributed by atoms with Crippen LogP contribution in [0.15, 0.2) is 18.2 Å². The minimum Gasteiger partial charge on any atom is -0.350 e. The first-order chi connectivity index (χ1) is 10.5. The third-order valence-electron chi connectivity index (χ3n) is 3.14. The zero-order chi connectivity index (χ0) is 17.8. The van der Waals surface area contributed by atoms with E-state index < -0.39 is 6.04 Å². The Hall–Kier alpha value is -1.30. The molecule has 1 aromatic carbocycles. The molecule has 0 saturated heterocycles. The SMILES string of the molecule is C[C@@H](C(=O)Nc1ccc(Cl)cc1Cl)N(C)CC(=O)NC(C)(C)C. The molecule has 0 aliphatic carbocycles. The van der Waals surface area contributed by atoms with Crippen molar-refractivity contribution in [1.82, 2.24) is 10.2 Å². The largest absolute Gasteiger partial charge is 0.350 e. The molecule has 0 fully saturated rings. The van der Waals surface area contributed by atoms with E-state index in [0.717, 1.165) is 0 Å². The quantitative estimate of drug-likeness (QED) is 0.848. The Morgan fingerprint density at radius 3 is 2.39 bits per heavy atom. The third kappa shape index (κ3) is 6.77. The topological polar surface area (TPSA) is 61.4 Å². The molecule has 2 N–H and O–H groups in total. The molecule has 0 heterocycles. The fourth-order valence-corrected chi connectivity index (χ4v) is 2.31. The van der Waals surface area contributed by atoms with Crippen molar-refractivity contribution in [3.8, 4) is 0 Å². The molecule has 1 atom stereocenters. The van der Waals surface area contributed by atoms with E-state index in [1.54, 1.807) is 37.1 Å². The molecular formula is C16H23Cl2N3O2. The van der Waals surface area contributed by atoms with Gasteiger partial charge in [0.1, 0.15) is 0 Å². The van der Waals surface area contributed by atoms with Crippen molar-refractivity contribution >= 4 is 40.7 Å². The van der Waals surface area contributed by atoms with Crippen LogP contribution in [0.3, 0.4) is 0 Å². The highest BCUT2D eigenvalue weighted by Gasteiger charge is 2.22. The monoisotopic (exact) mass is 359 g/mol. The van der Waals surface area contributed by atoms with E-state index in [0.29, 0.717) is 15.7 Å². The number of anilines is 1. The molecule has 23 heavy (non-hydrogen) atoms. The number of hydrogen-bond donors (Lipinski definition) is 2. The lowest BCUT2D eigenvalue weighted by Gasteiger charge is -2.26.